The number of hydrogen-bond donors (Lipinski definition) is 0. The Bertz CT molecular complexity index is 541. The molecule has 2 rings (SSSR count). The molecule has 6 heteroatoms. The lowest BCUT2D eigenvalue weighted by Crippen LogP contribution is -2.05. The minimum absolute atomic E-state index is 0.335. The lowest BCUT2D eigenvalue weighted by atomic mass is 10.0. The molecule has 0 N–H and O–H groups in total. The van der Waals surface area contributed by atoms with E-state index in [4.69, 9.17) is 4.74 Å². The van der Waals surface area contributed by atoms with Gasteiger partial charge in [0, 0.05) is 11.1 Å². The second kappa shape index (κ2) is 4.64. The van der Waals surface area contributed by atoms with Gasteiger partial charge in [-0.25, -0.2) is 0 Å². The highest BCUT2D eigenvalue weighted by molar-refractivity contribution is 5.70. The van der Waals surface area contributed by atoms with Gasteiger partial charge in [-0.15, -0.1) is 0 Å². The standard InChI is InChI=1S/C12H9F3N2O/c1-18-11-3-2-9(12(13,14)15)6-10(11)8-4-5-16-17-7-8/h2-7H,1H3. The fourth-order valence-electron chi connectivity index (χ4n) is 1.56. The van der Waals surface area contributed by atoms with Gasteiger partial charge in [-0.1, -0.05) is 0 Å². The van der Waals surface area contributed by atoms with Crippen LogP contribution in [0.1, 0.15) is 5.56 Å². The predicted molar refractivity (Wildman–Crippen MR) is 59.0 cm³/mol. The third-order valence-corrected chi connectivity index (χ3v) is 2.42. The number of aromatic nitrogens is 2. The number of ether oxygens (including phenoxy) is 1. The van der Waals surface area contributed by atoms with Crippen LogP contribution < -0.4 is 4.74 Å². The van der Waals surface area contributed by atoms with Gasteiger partial charge in [0.2, 0.25) is 0 Å². The Kier molecular flexibility index (Phi) is 3.18. The van der Waals surface area contributed by atoms with E-state index in [2.05, 4.69) is 10.2 Å². The smallest absolute Gasteiger partial charge is 0.416 e. The Morgan fingerprint density at radius 2 is 1.89 bits per heavy atom. The van der Waals surface area contributed by atoms with E-state index in [1.165, 1.54) is 25.6 Å². The summed E-state index contributed by atoms with van der Waals surface area (Å²) >= 11 is 0. The molecule has 3 nitrogen and oxygen atoms in total. The van der Waals surface area contributed by atoms with Crippen LogP contribution in [-0.4, -0.2) is 17.3 Å². The highest BCUT2D eigenvalue weighted by Gasteiger charge is 2.31. The molecule has 0 atom stereocenters. The summed E-state index contributed by atoms with van der Waals surface area (Å²) in [7, 11) is 1.40. The van der Waals surface area contributed by atoms with Gasteiger partial charge < -0.3 is 4.74 Å². The summed E-state index contributed by atoms with van der Waals surface area (Å²) in [5, 5.41) is 7.23. The molecule has 0 unspecified atom stereocenters. The molecule has 0 saturated heterocycles. The zero-order chi connectivity index (χ0) is 13.2. The van der Waals surface area contributed by atoms with Gasteiger partial charge in [0.15, 0.2) is 0 Å². The van der Waals surface area contributed by atoms with Crippen molar-refractivity contribution in [3.63, 3.8) is 0 Å². The highest BCUT2D eigenvalue weighted by Crippen LogP contribution is 2.36. The first kappa shape index (κ1) is 12.3. The third kappa shape index (κ3) is 2.42. The van der Waals surface area contributed by atoms with Gasteiger partial charge in [0.05, 0.1) is 25.1 Å². The summed E-state index contributed by atoms with van der Waals surface area (Å²) in [4.78, 5) is 0. The summed E-state index contributed by atoms with van der Waals surface area (Å²) in [6.07, 6.45) is -1.59. The minimum atomic E-state index is -4.39. The fraction of sp³-hybridized carbons (Fsp3) is 0.167. The number of halogens is 3. The number of benzene rings is 1. The maximum Gasteiger partial charge on any atom is 0.416 e. The predicted octanol–water partition coefficient (Wildman–Crippen LogP) is 3.17. The van der Waals surface area contributed by atoms with E-state index in [1.807, 2.05) is 0 Å². The van der Waals surface area contributed by atoms with Crippen molar-refractivity contribution in [2.24, 2.45) is 0 Å². The average molecular weight is 254 g/mol. The number of rotatable bonds is 2. The summed E-state index contributed by atoms with van der Waals surface area (Å²) < 4.78 is 43.0. The van der Waals surface area contributed by atoms with Crippen LogP contribution in [0.15, 0.2) is 36.7 Å². The zero-order valence-electron chi connectivity index (χ0n) is 9.40. The van der Waals surface area contributed by atoms with E-state index in [1.54, 1.807) is 6.07 Å². The molecule has 0 aliphatic rings. The van der Waals surface area contributed by atoms with Crippen molar-refractivity contribution in [2.75, 3.05) is 7.11 Å². The molecule has 94 valence electrons. The van der Waals surface area contributed by atoms with Crippen molar-refractivity contribution < 1.29 is 17.9 Å². The first-order valence-corrected chi connectivity index (χ1v) is 5.04. The molecule has 0 saturated carbocycles. The van der Waals surface area contributed by atoms with Crippen LogP contribution in [0.5, 0.6) is 5.75 Å². The molecule has 0 spiro atoms. The summed E-state index contributed by atoms with van der Waals surface area (Å²) in [6.45, 7) is 0. The highest BCUT2D eigenvalue weighted by atomic mass is 19.4. The molecule has 0 radical (unpaired) electrons. The van der Waals surface area contributed by atoms with E-state index in [9.17, 15) is 13.2 Å². The summed E-state index contributed by atoms with van der Waals surface area (Å²) in [6, 6.07) is 4.89. The quantitative estimate of drug-likeness (QED) is 0.825. The fourth-order valence-corrected chi connectivity index (χ4v) is 1.56. The Labute approximate surface area is 101 Å². The molecule has 0 bridgehead atoms. The molecular weight excluding hydrogens is 245 g/mol. The largest absolute Gasteiger partial charge is 0.496 e. The van der Waals surface area contributed by atoms with Crippen LogP contribution in [0.2, 0.25) is 0 Å². The first-order chi connectivity index (χ1) is 8.52. The van der Waals surface area contributed by atoms with Crippen LogP contribution in [0.3, 0.4) is 0 Å². The molecular formula is C12H9F3N2O. The molecule has 1 heterocycles. The average Bonchev–Trinajstić information content (AvgIpc) is 2.38. The maximum atomic E-state index is 12.7. The van der Waals surface area contributed by atoms with Crippen molar-refractivity contribution in [3.8, 4) is 16.9 Å². The van der Waals surface area contributed by atoms with Gasteiger partial charge in [-0.05, 0) is 24.3 Å². The Morgan fingerprint density at radius 1 is 1.11 bits per heavy atom. The summed E-state index contributed by atoms with van der Waals surface area (Å²) in [5.41, 5.74) is 0.130. The molecule has 1 aromatic carbocycles. The van der Waals surface area contributed by atoms with Gasteiger partial charge in [0.25, 0.3) is 0 Å². The van der Waals surface area contributed by atoms with E-state index in [0.29, 0.717) is 16.9 Å². The van der Waals surface area contributed by atoms with Crippen LogP contribution in [-0.2, 0) is 6.18 Å². The SMILES string of the molecule is COc1ccc(C(F)(F)F)cc1-c1ccnnc1. The van der Waals surface area contributed by atoms with Crippen molar-refractivity contribution in [1.82, 2.24) is 10.2 Å². The third-order valence-electron chi connectivity index (χ3n) is 2.42. The van der Waals surface area contributed by atoms with Crippen molar-refractivity contribution >= 4 is 0 Å². The van der Waals surface area contributed by atoms with Gasteiger partial charge in [-0.3, -0.25) is 0 Å². The lowest BCUT2D eigenvalue weighted by Gasteiger charge is -2.12. The van der Waals surface area contributed by atoms with Crippen LogP contribution in [0.25, 0.3) is 11.1 Å². The number of methoxy groups -OCH3 is 1. The van der Waals surface area contributed by atoms with Crippen molar-refractivity contribution in [3.05, 3.63) is 42.2 Å². The van der Waals surface area contributed by atoms with Crippen LogP contribution in [0, 0.1) is 0 Å². The number of alkyl halides is 3. The Morgan fingerprint density at radius 3 is 2.44 bits per heavy atom. The molecule has 1 aromatic heterocycles. The van der Waals surface area contributed by atoms with E-state index >= 15 is 0 Å². The van der Waals surface area contributed by atoms with Gasteiger partial charge in [-0.2, -0.15) is 23.4 Å². The molecule has 0 aliphatic carbocycles. The molecule has 18 heavy (non-hydrogen) atoms. The van der Waals surface area contributed by atoms with E-state index in [-0.39, 0.29) is 0 Å². The molecule has 0 amide bonds. The Balaban J connectivity index is 2.57. The Hall–Kier alpha value is -2.11. The van der Waals surface area contributed by atoms with Crippen LogP contribution >= 0.6 is 0 Å². The molecule has 0 fully saturated rings. The number of hydrogen-bond acceptors (Lipinski definition) is 3. The van der Waals surface area contributed by atoms with Gasteiger partial charge >= 0.3 is 6.18 Å². The maximum absolute atomic E-state index is 12.7. The summed E-state index contributed by atoms with van der Waals surface area (Å²) in [5.74, 6) is 0.357. The molecule has 2 aromatic rings. The van der Waals surface area contributed by atoms with Crippen LogP contribution in [0.4, 0.5) is 13.2 Å². The lowest BCUT2D eigenvalue weighted by molar-refractivity contribution is -0.137. The van der Waals surface area contributed by atoms with Crippen molar-refractivity contribution in [1.29, 1.82) is 0 Å². The van der Waals surface area contributed by atoms with Crippen molar-refractivity contribution in [2.45, 2.75) is 6.18 Å². The monoisotopic (exact) mass is 254 g/mol. The topological polar surface area (TPSA) is 35.0 Å². The second-order valence-electron chi connectivity index (χ2n) is 3.54. The minimum Gasteiger partial charge on any atom is -0.496 e. The molecule has 0 aliphatic heterocycles. The second-order valence-corrected chi connectivity index (χ2v) is 3.54. The first-order valence-electron chi connectivity index (χ1n) is 5.04. The number of nitrogens with zero attached hydrogens (tertiary/aromatic N) is 2. The van der Waals surface area contributed by atoms with E-state index in [0.717, 1.165) is 12.1 Å². The zero-order valence-corrected chi connectivity index (χ0v) is 9.40. The normalized spacial score (nSPS) is 11.3. The van der Waals surface area contributed by atoms with E-state index < -0.39 is 11.7 Å². The van der Waals surface area contributed by atoms with Gasteiger partial charge in [0.1, 0.15) is 5.75 Å².